The normalized spacial score (nSPS) is 13.2. The first kappa shape index (κ1) is 15.4. The van der Waals surface area contributed by atoms with Crippen LogP contribution in [0.1, 0.15) is 36.2 Å². The van der Waals surface area contributed by atoms with E-state index in [0.29, 0.717) is 5.56 Å². The molecule has 0 saturated heterocycles. The monoisotopic (exact) mass is 297 g/mol. The van der Waals surface area contributed by atoms with E-state index in [0.717, 1.165) is 16.8 Å². The van der Waals surface area contributed by atoms with Crippen molar-refractivity contribution in [1.82, 2.24) is 5.32 Å². The van der Waals surface area contributed by atoms with Gasteiger partial charge in [0.05, 0.1) is 5.54 Å². The van der Waals surface area contributed by atoms with Crippen LogP contribution >= 0.6 is 12.2 Å². The van der Waals surface area contributed by atoms with Crippen molar-refractivity contribution in [2.24, 2.45) is 0 Å². The Morgan fingerprint density at radius 2 is 1.48 bits per heavy atom. The fourth-order valence-electron chi connectivity index (χ4n) is 2.13. The maximum absolute atomic E-state index is 12.4. The first-order valence-electron chi connectivity index (χ1n) is 7.04. The fourth-order valence-corrected chi connectivity index (χ4v) is 2.46. The zero-order chi connectivity index (χ0) is 15.3. The number of thiocarbonyl (C=S) groups is 1. The third-order valence-electron chi connectivity index (χ3n) is 3.67. The third kappa shape index (κ3) is 3.56. The van der Waals surface area contributed by atoms with E-state index >= 15 is 0 Å². The van der Waals surface area contributed by atoms with Gasteiger partial charge >= 0.3 is 0 Å². The molecule has 0 aliphatic carbocycles. The Morgan fingerprint density at radius 1 is 1.00 bits per heavy atom. The van der Waals surface area contributed by atoms with E-state index in [9.17, 15) is 4.79 Å². The van der Waals surface area contributed by atoms with Crippen LogP contribution in [0.25, 0.3) is 0 Å². The molecule has 0 spiro atoms. The minimum absolute atomic E-state index is 0.0989. The molecule has 0 aliphatic rings. The second-order valence-corrected chi connectivity index (χ2v) is 5.61. The van der Waals surface area contributed by atoms with Gasteiger partial charge in [0.1, 0.15) is 0 Å². The molecule has 0 bridgehead atoms. The average Bonchev–Trinajstić information content (AvgIpc) is 2.55. The molecule has 0 radical (unpaired) electrons. The van der Waals surface area contributed by atoms with Gasteiger partial charge in [-0.3, -0.25) is 4.79 Å². The number of nitrogens with one attached hydrogen (secondary N) is 1. The number of hydrogen-bond acceptors (Lipinski definition) is 2. The second kappa shape index (κ2) is 6.64. The van der Waals surface area contributed by atoms with Crippen LogP contribution in [-0.4, -0.2) is 16.3 Å². The van der Waals surface area contributed by atoms with Crippen molar-refractivity contribution < 1.29 is 4.79 Å². The molecule has 1 unspecified atom stereocenters. The summed E-state index contributed by atoms with van der Waals surface area (Å²) < 4.78 is 0. The summed E-state index contributed by atoms with van der Waals surface area (Å²) in [5.41, 5.74) is 1.09. The van der Waals surface area contributed by atoms with Crippen LogP contribution in [-0.2, 0) is 0 Å². The lowest BCUT2D eigenvalue weighted by Crippen LogP contribution is -2.51. The summed E-state index contributed by atoms with van der Waals surface area (Å²) in [5.74, 6) is -0.0989. The van der Waals surface area contributed by atoms with Gasteiger partial charge in [0.25, 0.3) is 5.91 Å². The number of carbonyl (C=O) groups is 1. The predicted molar refractivity (Wildman–Crippen MR) is 90.7 cm³/mol. The minimum Gasteiger partial charge on any atom is -0.342 e. The molecule has 2 rings (SSSR count). The summed E-state index contributed by atoms with van der Waals surface area (Å²) in [6.45, 7) is 4.00. The molecule has 21 heavy (non-hydrogen) atoms. The van der Waals surface area contributed by atoms with E-state index in [4.69, 9.17) is 12.2 Å². The van der Waals surface area contributed by atoms with Gasteiger partial charge < -0.3 is 5.32 Å². The van der Waals surface area contributed by atoms with E-state index in [2.05, 4.69) is 5.32 Å². The molecule has 0 heterocycles. The lowest BCUT2D eigenvalue weighted by molar-refractivity contribution is 0.0927. The van der Waals surface area contributed by atoms with Crippen LogP contribution in [0.4, 0.5) is 0 Å². The Bertz CT molecular complexity index is 624. The zero-order valence-electron chi connectivity index (χ0n) is 12.3. The Morgan fingerprint density at radius 3 is 1.95 bits per heavy atom. The minimum atomic E-state index is -0.538. The van der Waals surface area contributed by atoms with Crippen LogP contribution < -0.4 is 5.32 Å². The molecule has 1 amide bonds. The number of hydrogen-bond donors (Lipinski definition) is 1. The fraction of sp³-hybridized carbons (Fsp3) is 0.222. The molecule has 0 saturated carbocycles. The highest BCUT2D eigenvalue weighted by Crippen LogP contribution is 2.19. The van der Waals surface area contributed by atoms with Crippen molar-refractivity contribution in [2.45, 2.75) is 25.8 Å². The molecule has 0 aliphatic heterocycles. The first-order valence-corrected chi connectivity index (χ1v) is 7.45. The van der Waals surface area contributed by atoms with Crippen LogP contribution in [0, 0.1) is 0 Å². The molecule has 3 heteroatoms. The number of rotatable bonds is 5. The third-order valence-corrected chi connectivity index (χ3v) is 4.36. The highest BCUT2D eigenvalue weighted by molar-refractivity contribution is 7.81. The largest absolute Gasteiger partial charge is 0.342 e. The lowest BCUT2D eigenvalue weighted by Gasteiger charge is -2.31. The van der Waals surface area contributed by atoms with Gasteiger partial charge in [-0.25, -0.2) is 0 Å². The maximum atomic E-state index is 12.4. The highest BCUT2D eigenvalue weighted by atomic mass is 32.1. The van der Waals surface area contributed by atoms with Gasteiger partial charge in [-0.1, -0.05) is 67.7 Å². The summed E-state index contributed by atoms with van der Waals surface area (Å²) in [5, 5.41) is 3.08. The lowest BCUT2D eigenvalue weighted by atomic mass is 9.89. The Labute approximate surface area is 131 Å². The summed E-state index contributed by atoms with van der Waals surface area (Å²) >= 11 is 5.61. The summed E-state index contributed by atoms with van der Waals surface area (Å²) in [4.78, 5) is 13.1. The van der Waals surface area contributed by atoms with E-state index in [1.54, 1.807) is 12.1 Å². The summed E-state index contributed by atoms with van der Waals surface area (Å²) in [6, 6.07) is 19.0. The summed E-state index contributed by atoms with van der Waals surface area (Å²) in [7, 11) is 0. The van der Waals surface area contributed by atoms with E-state index in [1.807, 2.05) is 62.4 Å². The molecule has 1 atom stereocenters. The van der Waals surface area contributed by atoms with Gasteiger partial charge in [-0.15, -0.1) is 0 Å². The van der Waals surface area contributed by atoms with Crippen molar-refractivity contribution >= 4 is 23.0 Å². The Kier molecular flexibility index (Phi) is 4.86. The smallest absolute Gasteiger partial charge is 0.251 e. The molecular weight excluding hydrogens is 278 g/mol. The van der Waals surface area contributed by atoms with E-state index in [1.165, 1.54) is 0 Å². The SMILES string of the molecule is CCC(C)(NC(=O)c1ccccc1)C(=S)c1ccccc1. The molecule has 0 fully saturated rings. The van der Waals surface area contributed by atoms with Crippen molar-refractivity contribution in [3.63, 3.8) is 0 Å². The van der Waals surface area contributed by atoms with Gasteiger partial charge in [0, 0.05) is 10.4 Å². The van der Waals surface area contributed by atoms with Crippen LogP contribution in [0.15, 0.2) is 60.7 Å². The van der Waals surface area contributed by atoms with Crippen molar-refractivity contribution in [2.75, 3.05) is 0 Å². The van der Waals surface area contributed by atoms with Crippen LogP contribution in [0.3, 0.4) is 0 Å². The van der Waals surface area contributed by atoms with Gasteiger partial charge in [0.15, 0.2) is 0 Å². The average molecular weight is 297 g/mol. The van der Waals surface area contributed by atoms with E-state index < -0.39 is 5.54 Å². The maximum Gasteiger partial charge on any atom is 0.251 e. The van der Waals surface area contributed by atoms with Gasteiger partial charge in [-0.2, -0.15) is 0 Å². The predicted octanol–water partition coefficient (Wildman–Crippen LogP) is 4.00. The highest BCUT2D eigenvalue weighted by Gasteiger charge is 2.30. The molecule has 1 N–H and O–H groups in total. The second-order valence-electron chi connectivity index (χ2n) is 5.20. The van der Waals surface area contributed by atoms with Crippen LogP contribution in [0.2, 0.25) is 0 Å². The zero-order valence-corrected chi connectivity index (χ0v) is 13.1. The summed E-state index contributed by atoms with van der Waals surface area (Å²) in [6.07, 6.45) is 0.735. The number of benzene rings is 2. The standard InChI is InChI=1S/C18H19NOS/c1-3-18(2,16(21)14-10-6-4-7-11-14)19-17(20)15-12-8-5-9-13-15/h4-13H,3H2,1-2H3,(H,19,20). The molecule has 108 valence electrons. The number of carbonyl (C=O) groups excluding carboxylic acids is 1. The molecule has 2 aromatic carbocycles. The van der Waals surface area contributed by atoms with E-state index in [-0.39, 0.29) is 5.91 Å². The van der Waals surface area contributed by atoms with Crippen molar-refractivity contribution in [3.05, 3.63) is 71.8 Å². The van der Waals surface area contributed by atoms with Crippen LogP contribution in [0.5, 0.6) is 0 Å². The molecule has 2 nitrogen and oxygen atoms in total. The molecule has 0 aromatic heterocycles. The molecule has 2 aromatic rings. The molecular formula is C18H19NOS. The number of amides is 1. The Balaban J connectivity index is 2.22. The van der Waals surface area contributed by atoms with Gasteiger partial charge in [0.2, 0.25) is 0 Å². The first-order chi connectivity index (χ1) is 10.1. The van der Waals surface area contributed by atoms with Crippen molar-refractivity contribution in [1.29, 1.82) is 0 Å². The topological polar surface area (TPSA) is 29.1 Å². The quantitative estimate of drug-likeness (QED) is 0.667. The van der Waals surface area contributed by atoms with Gasteiger partial charge in [-0.05, 0) is 31.0 Å². The Hall–Kier alpha value is -2.00. The van der Waals surface area contributed by atoms with Crippen molar-refractivity contribution in [3.8, 4) is 0 Å².